The number of carbonyl (C=O) groups excluding carboxylic acids is 1. The van der Waals surface area contributed by atoms with Gasteiger partial charge >= 0.3 is 0 Å². The van der Waals surface area contributed by atoms with Crippen LogP contribution in [0.1, 0.15) is 53.7 Å². The summed E-state index contributed by atoms with van der Waals surface area (Å²) in [6, 6.07) is 17.7. The maximum atomic E-state index is 14.8. The number of ether oxygens (including phenoxy) is 3. The number of phenolic OH excluding ortho intramolecular Hbond substituents is 1. The summed E-state index contributed by atoms with van der Waals surface area (Å²) in [5, 5.41) is 15.9. The number of aromatic nitrogens is 1. The zero-order valence-electron chi connectivity index (χ0n) is 26.7. The largest absolute Gasteiger partial charge is 0.508 e. The van der Waals surface area contributed by atoms with E-state index in [1.54, 1.807) is 51.3 Å². The fourth-order valence-corrected chi connectivity index (χ4v) is 4.33. The minimum Gasteiger partial charge on any atom is -0.508 e. The molecule has 45 heavy (non-hydrogen) atoms. The standard InChI is InChI=1S/C29H28FN3O5.C4H8O.C2H6/c1-17-8-13-22(21(30)14-17)32-28-27(29(36)31-16-19-9-11-20(37-4)12-10-19)25(15-26(35)33(28)3)38-24-7-5-6-23(34)18(24)2;1-2-4-5-3-1;1-2/h5-15,32,34H,16H2,1-4H3,(H,31,36);1-4H2;1-2H3. The molecule has 0 unspecified atom stereocenters. The molecule has 10 heteroatoms. The van der Waals surface area contributed by atoms with Gasteiger partial charge < -0.3 is 30.0 Å². The number of hydrogen-bond donors (Lipinski definition) is 3. The van der Waals surface area contributed by atoms with Crippen molar-refractivity contribution in [3.05, 3.63) is 105 Å². The first kappa shape index (κ1) is 34.7. The van der Waals surface area contributed by atoms with Crippen LogP contribution in [0.2, 0.25) is 0 Å². The molecule has 0 bridgehead atoms. The molecule has 0 saturated carbocycles. The number of pyridine rings is 1. The van der Waals surface area contributed by atoms with Gasteiger partial charge in [-0.05, 0) is 74.2 Å². The summed E-state index contributed by atoms with van der Waals surface area (Å²) >= 11 is 0. The van der Waals surface area contributed by atoms with Gasteiger partial charge in [0.1, 0.15) is 40.2 Å². The summed E-state index contributed by atoms with van der Waals surface area (Å²) in [6.07, 6.45) is 2.56. The topological polar surface area (TPSA) is 111 Å². The number of anilines is 2. The minimum atomic E-state index is -0.556. The van der Waals surface area contributed by atoms with Gasteiger partial charge in [0, 0.05) is 38.4 Å². The van der Waals surface area contributed by atoms with Gasteiger partial charge in [-0.2, -0.15) is 0 Å². The summed E-state index contributed by atoms with van der Waals surface area (Å²) in [6.45, 7) is 9.58. The molecule has 240 valence electrons. The Bertz CT molecular complexity index is 1620. The van der Waals surface area contributed by atoms with E-state index in [4.69, 9.17) is 14.2 Å². The number of nitrogens with one attached hydrogen (secondary N) is 2. The Kier molecular flexibility index (Phi) is 13.0. The van der Waals surface area contributed by atoms with Gasteiger partial charge in [0.05, 0.1) is 12.8 Å². The molecule has 1 aliphatic heterocycles. The van der Waals surface area contributed by atoms with E-state index in [1.807, 2.05) is 26.0 Å². The summed E-state index contributed by atoms with van der Waals surface area (Å²) in [4.78, 5) is 26.5. The second-order valence-electron chi connectivity index (χ2n) is 10.1. The highest BCUT2D eigenvalue weighted by Gasteiger charge is 2.24. The van der Waals surface area contributed by atoms with E-state index < -0.39 is 17.3 Å². The van der Waals surface area contributed by atoms with E-state index in [2.05, 4.69) is 10.6 Å². The molecule has 2 heterocycles. The predicted molar refractivity (Wildman–Crippen MR) is 175 cm³/mol. The Morgan fingerprint density at radius 1 is 1.00 bits per heavy atom. The average molecular weight is 620 g/mol. The first-order chi connectivity index (χ1) is 21.7. The van der Waals surface area contributed by atoms with Crippen LogP contribution in [0.15, 0.2) is 71.5 Å². The van der Waals surface area contributed by atoms with Gasteiger partial charge in [0.2, 0.25) is 0 Å². The van der Waals surface area contributed by atoms with Gasteiger partial charge in [-0.1, -0.05) is 38.1 Å². The van der Waals surface area contributed by atoms with E-state index in [0.29, 0.717) is 11.3 Å². The Labute approximate surface area is 263 Å². The molecule has 3 aromatic carbocycles. The monoisotopic (exact) mass is 619 g/mol. The SMILES string of the molecule is C1CCOC1.CC.COc1ccc(CNC(=O)c2c(Oc3cccc(O)c3C)cc(=O)n(C)c2Nc2ccc(C)cc2F)cc1. The summed E-state index contributed by atoms with van der Waals surface area (Å²) < 4.78 is 32.1. The summed E-state index contributed by atoms with van der Waals surface area (Å²) in [5.74, 6) is -0.172. The lowest BCUT2D eigenvalue weighted by molar-refractivity contribution is 0.0948. The number of rotatable bonds is 8. The Hall–Kier alpha value is -4.83. The first-order valence-corrected chi connectivity index (χ1v) is 14.9. The van der Waals surface area contributed by atoms with Crippen molar-refractivity contribution in [1.29, 1.82) is 0 Å². The van der Waals surface area contributed by atoms with Crippen molar-refractivity contribution in [2.24, 2.45) is 7.05 Å². The van der Waals surface area contributed by atoms with Crippen LogP contribution < -0.4 is 25.7 Å². The number of phenols is 1. The molecule has 0 aliphatic carbocycles. The highest BCUT2D eigenvalue weighted by molar-refractivity contribution is 6.02. The number of aryl methyl sites for hydroxylation is 1. The van der Waals surface area contributed by atoms with Crippen molar-refractivity contribution in [2.75, 3.05) is 25.6 Å². The molecular formula is C35H42FN3O6. The predicted octanol–water partition coefficient (Wildman–Crippen LogP) is 7.14. The van der Waals surface area contributed by atoms with E-state index in [1.165, 1.54) is 48.7 Å². The zero-order valence-corrected chi connectivity index (χ0v) is 26.7. The van der Waals surface area contributed by atoms with Crippen LogP contribution in [-0.4, -0.2) is 35.9 Å². The molecule has 5 rings (SSSR count). The highest BCUT2D eigenvalue weighted by atomic mass is 19.1. The lowest BCUT2D eigenvalue weighted by atomic mass is 10.1. The summed E-state index contributed by atoms with van der Waals surface area (Å²) in [5.41, 5.74) is 1.55. The van der Waals surface area contributed by atoms with Crippen molar-refractivity contribution in [2.45, 2.75) is 47.1 Å². The fraction of sp³-hybridized carbons (Fsp3) is 0.314. The van der Waals surface area contributed by atoms with E-state index >= 15 is 0 Å². The van der Waals surface area contributed by atoms with E-state index in [-0.39, 0.29) is 40.9 Å². The normalized spacial score (nSPS) is 11.8. The number of carbonyl (C=O) groups is 1. The zero-order chi connectivity index (χ0) is 32.9. The van der Waals surface area contributed by atoms with Crippen LogP contribution >= 0.6 is 0 Å². The third kappa shape index (κ3) is 9.33. The first-order valence-electron chi connectivity index (χ1n) is 14.9. The Morgan fingerprint density at radius 2 is 1.69 bits per heavy atom. The molecule has 0 radical (unpaired) electrons. The van der Waals surface area contributed by atoms with Crippen LogP contribution in [0.5, 0.6) is 23.0 Å². The number of methoxy groups -OCH3 is 1. The average Bonchev–Trinajstić information content (AvgIpc) is 3.64. The van der Waals surface area contributed by atoms with Crippen LogP contribution in [-0.2, 0) is 18.3 Å². The number of halogens is 1. The van der Waals surface area contributed by atoms with Crippen molar-refractivity contribution >= 4 is 17.4 Å². The van der Waals surface area contributed by atoms with E-state index in [0.717, 1.165) is 24.3 Å². The number of aromatic hydroxyl groups is 1. The molecule has 1 fully saturated rings. The molecule has 1 aromatic heterocycles. The molecule has 0 atom stereocenters. The van der Waals surface area contributed by atoms with Crippen LogP contribution in [0.3, 0.4) is 0 Å². The number of amides is 1. The molecule has 3 N–H and O–H groups in total. The Morgan fingerprint density at radius 3 is 2.29 bits per heavy atom. The Balaban J connectivity index is 0.000000706. The van der Waals surface area contributed by atoms with Gasteiger partial charge in [0.15, 0.2) is 0 Å². The second kappa shape index (κ2) is 16.9. The van der Waals surface area contributed by atoms with Gasteiger partial charge in [-0.3, -0.25) is 14.2 Å². The van der Waals surface area contributed by atoms with E-state index in [9.17, 15) is 19.1 Å². The highest BCUT2D eigenvalue weighted by Crippen LogP contribution is 2.35. The number of benzene rings is 3. The van der Waals surface area contributed by atoms with Crippen molar-refractivity contribution in [3.63, 3.8) is 0 Å². The second-order valence-corrected chi connectivity index (χ2v) is 10.1. The quantitative estimate of drug-likeness (QED) is 0.192. The van der Waals surface area contributed by atoms with Crippen molar-refractivity contribution < 1.29 is 28.5 Å². The van der Waals surface area contributed by atoms with Crippen molar-refractivity contribution in [3.8, 4) is 23.0 Å². The number of hydrogen-bond acceptors (Lipinski definition) is 7. The van der Waals surface area contributed by atoms with Gasteiger partial charge in [0.25, 0.3) is 11.5 Å². The van der Waals surface area contributed by atoms with Gasteiger partial charge in [-0.25, -0.2) is 4.39 Å². The molecule has 1 saturated heterocycles. The smallest absolute Gasteiger partial charge is 0.259 e. The number of nitrogens with zero attached hydrogens (tertiary/aromatic N) is 1. The third-order valence-electron chi connectivity index (χ3n) is 6.92. The molecule has 9 nitrogen and oxygen atoms in total. The third-order valence-corrected chi connectivity index (χ3v) is 6.92. The maximum absolute atomic E-state index is 14.8. The molecular weight excluding hydrogens is 577 g/mol. The summed E-state index contributed by atoms with van der Waals surface area (Å²) in [7, 11) is 3.04. The lowest BCUT2D eigenvalue weighted by Gasteiger charge is -2.20. The van der Waals surface area contributed by atoms with Crippen LogP contribution in [0.25, 0.3) is 0 Å². The van der Waals surface area contributed by atoms with Crippen LogP contribution in [0.4, 0.5) is 15.9 Å². The lowest BCUT2D eigenvalue weighted by Crippen LogP contribution is -2.29. The molecule has 4 aromatic rings. The van der Waals surface area contributed by atoms with Crippen molar-refractivity contribution in [1.82, 2.24) is 9.88 Å². The van der Waals surface area contributed by atoms with Crippen LogP contribution in [0, 0.1) is 19.7 Å². The molecule has 1 aliphatic rings. The molecule has 1 amide bonds. The fourth-order valence-electron chi connectivity index (χ4n) is 4.33. The van der Waals surface area contributed by atoms with Gasteiger partial charge in [-0.15, -0.1) is 0 Å². The minimum absolute atomic E-state index is 0.00286. The molecule has 0 spiro atoms. The maximum Gasteiger partial charge on any atom is 0.259 e.